The second-order valence-corrected chi connectivity index (χ2v) is 9.48. The summed E-state index contributed by atoms with van der Waals surface area (Å²) < 4.78 is 45.1. The molecule has 0 bridgehead atoms. The third-order valence-corrected chi connectivity index (χ3v) is 6.72. The average Bonchev–Trinajstić information content (AvgIpc) is 3.62. The van der Waals surface area contributed by atoms with Gasteiger partial charge >= 0.3 is 6.18 Å². The topological polar surface area (TPSA) is 123 Å². The molecule has 3 aliphatic heterocycles. The van der Waals surface area contributed by atoms with E-state index in [-0.39, 0.29) is 5.69 Å². The molecule has 3 aromatic rings. The van der Waals surface area contributed by atoms with Gasteiger partial charge in [-0.3, -0.25) is 9.78 Å². The van der Waals surface area contributed by atoms with E-state index >= 15 is 0 Å². The largest absolute Gasteiger partial charge is 0.416 e. The van der Waals surface area contributed by atoms with Crippen LogP contribution >= 0.6 is 11.5 Å². The number of benzene rings is 1. The number of halogens is 3. The molecule has 10 nitrogen and oxygen atoms in total. The Labute approximate surface area is 222 Å². The minimum absolute atomic E-state index is 0.298. The number of hydrogen-bond donors (Lipinski definition) is 2. The molecule has 0 saturated heterocycles. The highest BCUT2D eigenvalue weighted by molar-refractivity contribution is 7.09. The van der Waals surface area contributed by atoms with Gasteiger partial charge in [0.05, 0.1) is 11.8 Å². The third-order valence-electron chi connectivity index (χ3n) is 6.16. The zero-order valence-corrected chi connectivity index (χ0v) is 21.0. The average molecular weight is 550 g/mol. The van der Waals surface area contributed by atoms with Crippen molar-refractivity contribution in [1.29, 1.82) is 0 Å². The highest BCUT2D eigenvalue weighted by Gasteiger charge is 2.31. The summed E-state index contributed by atoms with van der Waals surface area (Å²) in [6.45, 7) is 3.31. The molecule has 0 radical (unpaired) electrons. The summed E-state index contributed by atoms with van der Waals surface area (Å²) in [7, 11) is 0. The van der Waals surface area contributed by atoms with Crippen LogP contribution in [-0.4, -0.2) is 41.6 Å². The Morgan fingerprint density at radius 1 is 1.13 bits per heavy atom. The molecular weight excluding hydrogens is 531 g/mol. The number of carbonyl (C=O) groups is 1. The number of aromatic nitrogens is 6. The van der Waals surface area contributed by atoms with Crippen molar-refractivity contribution < 1.29 is 18.0 Å². The molecule has 0 spiro atoms. The Bertz CT molecular complexity index is 1750. The number of anilines is 2. The number of carbonyl (C=O) groups excluding carboxylic acids is 1. The molecule has 0 aliphatic carbocycles. The normalized spacial score (nSPS) is 13.4. The van der Waals surface area contributed by atoms with Crippen LogP contribution in [0.3, 0.4) is 0 Å². The van der Waals surface area contributed by atoms with Crippen molar-refractivity contribution in [1.82, 2.24) is 29.1 Å². The second kappa shape index (κ2) is 9.54. The van der Waals surface area contributed by atoms with E-state index in [9.17, 15) is 18.0 Å². The standard InChI is InChI=1S/C25H18F3N9OS/c1-13-2-3-16(33-23(38)19-9-15(4-5-29-19)25(26,27)28)10-17(13)18-8-14-11-31-24(34-20-12-32-36-39-20)35-21(14)37-7-6-30-22(18)37/h2-5,8-12,30H,6-7H2,1H3,(H,33,38). The number of alkyl halides is 3. The van der Waals surface area contributed by atoms with Crippen LogP contribution in [0.25, 0.3) is 22.5 Å². The monoisotopic (exact) mass is 549 g/mol. The molecule has 5 heterocycles. The quantitative estimate of drug-likeness (QED) is 0.338. The SMILES string of the molecule is Cc1ccc(NC(=O)c2cc(C(F)(F)F)ccn2)cc1-c1cc2cnc(=Nc3cnns3)nc-2n2c1NCC2. The number of amides is 1. The summed E-state index contributed by atoms with van der Waals surface area (Å²) in [4.78, 5) is 30.0. The van der Waals surface area contributed by atoms with E-state index in [1.54, 1.807) is 18.3 Å². The van der Waals surface area contributed by atoms with Gasteiger partial charge < -0.3 is 15.2 Å². The molecule has 14 heteroatoms. The van der Waals surface area contributed by atoms with Crippen LogP contribution in [0.2, 0.25) is 0 Å². The van der Waals surface area contributed by atoms with E-state index in [0.717, 1.165) is 57.9 Å². The predicted octanol–water partition coefficient (Wildman–Crippen LogP) is 4.53. The van der Waals surface area contributed by atoms with E-state index in [1.807, 2.05) is 23.6 Å². The molecule has 0 unspecified atom stereocenters. The molecule has 1 aromatic carbocycles. The first-order chi connectivity index (χ1) is 18.8. The van der Waals surface area contributed by atoms with Gasteiger partial charge in [-0.25, -0.2) is 4.98 Å². The van der Waals surface area contributed by atoms with E-state index < -0.39 is 17.6 Å². The van der Waals surface area contributed by atoms with Crippen molar-refractivity contribution >= 4 is 33.9 Å². The summed E-state index contributed by atoms with van der Waals surface area (Å²) in [5.41, 5.74) is 2.87. The molecule has 0 atom stereocenters. The fourth-order valence-corrected chi connectivity index (χ4v) is 4.74. The predicted molar refractivity (Wildman–Crippen MR) is 138 cm³/mol. The van der Waals surface area contributed by atoms with E-state index in [4.69, 9.17) is 0 Å². The molecular formula is C25H18F3N9OS. The molecule has 0 saturated carbocycles. The number of rotatable bonds is 4. The molecule has 0 fully saturated rings. The molecule has 2 N–H and O–H groups in total. The Hall–Kier alpha value is -4.72. The summed E-state index contributed by atoms with van der Waals surface area (Å²) in [6, 6.07) is 8.82. The van der Waals surface area contributed by atoms with Crippen LogP contribution < -0.4 is 16.3 Å². The maximum Gasteiger partial charge on any atom is 0.416 e. The summed E-state index contributed by atoms with van der Waals surface area (Å²) in [6.07, 6.45) is -0.370. The molecule has 196 valence electrons. The number of aryl methyl sites for hydroxylation is 1. The molecule has 3 aliphatic rings. The van der Waals surface area contributed by atoms with Gasteiger partial charge in [0.1, 0.15) is 17.3 Å². The highest BCUT2D eigenvalue weighted by atomic mass is 32.1. The smallest absolute Gasteiger partial charge is 0.369 e. The van der Waals surface area contributed by atoms with Gasteiger partial charge in [-0.15, -0.1) is 5.10 Å². The fraction of sp³-hybridized carbons (Fsp3) is 0.160. The van der Waals surface area contributed by atoms with Crippen LogP contribution in [0.15, 0.2) is 60.0 Å². The second-order valence-electron chi connectivity index (χ2n) is 8.71. The van der Waals surface area contributed by atoms with Gasteiger partial charge in [0.2, 0.25) is 0 Å². The summed E-state index contributed by atoms with van der Waals surface area (Å²) in [5, 5.41) is 10.4. The molecule has 2 aromatic heterocycles. The first-order valence-electron chi connectivity index (χ1n) is 11.7. The van der Waals surface area contributed by atoms with Crippen LogP contribution in [0.5, 0.6) is 0 Å². The van der Waals surface area contributed by atoms with Crippen molar-refractivity contribution in [2.45, 2.75) is 19.6 Å². The van der Waals surface area contributed by atoms with Crippen LogP contribution in [-0.2, 0) is 12.7 Å². The first-order valence-corrected chi connectivity index (χ1v) is 12.5. The van der Waals surface area contributed by atoms with E-state index in [1.165, 1.54) is 6.20 Å². The van der Waals surface area contributed by atoms with Crippen molar-refractivity contribution in [3.8, 4) is 22.5 Å². The van der Waals surface area contributed by atoms with Gasteiger partial charge in [-0.2, -0.15) is 23.1 Å². The lowest BCUT2D eigenvalue weighted by molar-refractivity contribution is -0.137. The molecule has 39 heavy (non-hydrogen) atoms. The maximum absolute atomic E-state index is 13.1. The Kier molecular flexibility index (Phi) is 6.02. The van der Waals surface area contributed by atoms with Crippen molar-refractivity contribution in [2.24, 2.45) is 4.99 Å². The Morgan fingerprint density at radius 2 is 2.00 bits per heavy atom. The van der Waals surface area contributed by atoms with Gasteiger partial charge in [0.15, 0.2) is 5.00 Å². The maximum atomic E-state index is 13.1. The van der Waals surface area contributed by atoms with Crippen molar-refractivity contribution in [3.05, 3.63) is 77.4 Å². The zero-order valence-electron chi connectivity index (χ0n) is 20.2. The summed E-state index contributed by atoms with van der Waals surface area (Å²) >= 11 is 1.14. The Balaban J connectivity index is 1.38. The summed E-state index contributed by atoms with van der Waals surface area (Å²) in [5.74, 6) is 0.813. The first kappa shape index (κ1) is 24.6. The van der Waals surface area contributed by atoms with E-state index in [0.29, 0.717) is 35.2 Å². The van der Waals surface area contributed by atoms with Crippen LogP contribution in [0, 0.1) is 6.92 Å². The van der Waals surface area contributed by atoms with Gasteiger partial charge in [0.25, 0.3) is 11.5 Å². The molecule has 6 rings (SSSR count). The van der Waals surface area contributed by atoms with Crippen molar-refractivity contribution in [2.75, 3.05) is 17.2 Å². The molecule has 1 amide bonds. The number of fused-ring (bicyclic) bond motifs is 3. The zero-order chi connectivity index (χ0) is 27.1. The lowest BCUT2D eigenvalue weighted by Gasteiger charge is -2.19. The number of nitrogens with zero attached hydrogens (tertiary/aromatic N) is 7. The number of hydrogen-bond acceptors (Lipinski definition) is 9. The Morgan fingerprint density at radius 3 is 2.79 bits per heavy atom. The number of nitrogens with one attached hydrogen (secondary N) is 2. The lowest BCUT2D eigenvalue weighted by Crippen LogP contribution is -2.17. The fourth-order valence-electron chi connectivity index (χ4n) is 4.35. The van der Waals surface area contributed by atoms with Crippen LogP contribution in [0.4, 0.5) is 29.7 Å². The van der Waals surface area contributed by atoms with E-state index in [2.05, 4.69) is 40.2 Å². The van der Waals surface area contributed by atoms with Gasteiger partial charge in [0, 0.05) is 53.8 Å². The van der Waals surface area contributed by atoms with Gasteiger partial charge in [-0.1, -0.05) is 10.6 Å². The number of pyridine rings is 2. The van der Waals surface area contributed by atoms with Gasteiger partial charge in [-0.05, 0) is 48.4 Å². The lowest BCUT2D eigenvalue weighted by atomic mass is 9.98. The van der Waals surface area contributed by atoms with Crippen LogP contribution in [0.1, 0.15) is 21.6 Å². The minimum atomic E-state index is -4.58. The third kappa shape index (κ3) is 4.81. The van der Waals surface area contributed by atoms with Crippen molar-refractivity contribution in [3.63, 3.8) is 0 Å². The minimum Gasteiger partial charge on any atom is -0.369 e. The highest BCUT2D eigenvalue weighted by Crippen LogP contribution is 2.39.